The summed E-state index contributed by atoms with van der Waals surface area (Å²) in [4.78, 5) is 0. The summed E-state index contributed by atoms with van der Waals surface area (Å²) in [6.07, 6.45) is 6.50. The number of imidazole rings is 1. The number of hydrogen-bond donors (Lipinski definition) is 0. The zero-order chi connectivity index (χ0) is 14.9. The lowest BCUT2D eigenvalue weighted by molar-refractivity contribution is -0.663. The SMILES string of the molecule is Cc1ccc(C[n+]2cn(CC3CCC3)c3ccccc32)cc1. The van der Waals surface area contributed by atoms with Gasteiger partial charge in [0.2, 0.25) is 6.33 Å². The van der Waals surface area contributed by atoms with Crippen LogP contribution in [0.1, 0.15) is 30.4 Å². The number of rotatable bonds is 4. The molecule has 112 valence electrons. The number of nitrogens with zero attached hydrogens (tertiary/aromatic N) is 2. The molecule has 22 heavy (non-hydrogen) atoms. The van der Waals surface area contributed by atoms with Crippen LogP contribution in [0.15, 0.2) is 54.9 Å². The molecule has 1 heterocycles. The Morgan fingerprint density at radius 2 is 1.82 bits per heavy atom. The molecule has 2 nitrogen and oxygen atoms in total. The van der Waals surface area contributed by atoms with E-state index in [0.717, 1.165) is 12.5 Å². The van der Waals surface area contributed by atoms with Crippen molar-refractivity contribution in [3.05, 3.63) is 66.0 Å². The number of hydrogen-bond acceptors (Lipinski definition) is 0. The summed E-state index contributed by atoms with van der Waals surface area (Å²) in [5, 5.41) is 0. The zero-order valence-corrected chi connectivity index (χ0v) is 13.2. The quantitative estimate of drug-likeness (QED) is 0.640. The summed E-state index contributed by atoms with van der Waals surface area (Å²) in [6.45, 7) is 4.25. The highest BCUT2D eigenvalue weighted by atomic mass is 15.1. The van der Waals surface area contributed by atoms with Gasteiger partial charge in [0.05, 0.1) is 6.54 Å². The van der Waals surface area contributed by atoms with Gasteiger partial charge in [-0.2, -0.15) is 0 Å². The van der Waals surface area contributed by atoms with Crippen LogP contribution in [0.2, 0.25) is 0 Å². The summed E-state index contributed by atoms with van der Waals surface area (Å²) in [5.41, 5.74) is 5.38. The van der Waals surface area contributed by atoms with Crippen molar-refractivity contribution in [3.8, 4) is 0 Å². The first-order chi connectivity index (χ1) is 10.8. The molecule has 1 saturated carbocycles. The van der Waals surface area contributed by atoms with Crippen LogP contribution in [-0.4, -0.2) is 4.57 Å². The highest BCUT2D eigenvalue weighted by Crippen LogP contribution is 2.28. The second-order valence-corrected chi connectivity index (χ2v) is 6.67. The maximum atomic E-state index is 2.45. The molecule has 2 aromatic carbocycles. The van der Waals surface area contributed by atoms with E-state index >= 15 is 0 Å². The average Bonchev–Trinajstić information content (AvgIpc) is 2.84. The Kier molecular flexibility index (Phi) is 3.45. The Hall–Kier alpha value is -2.09. The largest absolute Gasteiger partial charge is 0.245 e. The van der Waals surface area contributed by atoms with Gasteiger partial charge in [-0.3, -0.25) is 0 Å². The average molecular weight is 291 g/mol. The van der Waals surface area contributed by atoms with E-state index in [9.17, 15) is 0 Å². The molecular formula is C20H23N2+. The molecule has 0 atom stereocenters. The normalized spacial score (nSPS) is 15.1. The maximum absolute atomic E-state index is 2.45. The molecular weight excluding hydrogens is 268 g/mol. The Bertz CT molecular complexity index is 779. The smallest absolute Gasteiger partial charge is 0.230 e. The van der Waals surface area contributed by atoms with Crippen molar-refractivity contribution in [2.75, 3.05) is 0 Å². The van der Waals surface area contributed by atoms with E-state index in [-0.39, 0.29) is 0 Å². The van der Waals surface area contributed by atoms with Gasteiger partial charge in [0.25, 0.3) is 0 Å². The van der Waals surface area contributed by atoms with E-state index < -0.39 is 0 Å². The Morgan fingerprint density at radius 3 is 2.55 bits per heavy atom. The zero-order valence-electron chi connectivity index (χ0n) is 13.2. The van der Waals surface area contributed by atoms with Gasteiger partial charge in [0.15, 0.2) is 11.0 Å². The topological polar surface area (TPSA) is 8.81 Å². The summed E-state index contributed by atoms with van der Waals surface area (Å²) >= 11 is 0. The maximum Gasteiger partial charge on any atom is 0.245 e. The van der Waals surface area contributed by atoms with Crippen molar-refractivity contribution in [2.45, 2.75) is 39.3 Å². The molecule has 0 bridgehead atoms. The number of para-hydroxylation sites is 2. The van der Waals surface area contributed by atoms with Crippen molar-refractivity contribution < 1.29 is 4.57 Å². The van der Waals surface area contributed by atoms with Crippen LogP contribution in [-0.2, 0) is 13.1 Å². The Balaban J connectivity index is 1.68. The van der Waals surface area contributed by atoms with Crippen LogP contribution in [0, 0.1) is 12.8 Å². The second kappa shape index (κ2) is 5.60. The molecule has 1 fully saturated rings. The highest BCUT2D eigenvalue weighted by Gasteiger charge is 2.23. The van der Waals surface area contributed by atoms with Gasteiger partial charge in [-0.15, -0.1) is 0 Å². The second-order valence-electron chi connectivity index (χ2n) is 6.67. The van der Waals surface area contributed by atoms with Crippen molar-refractivity contribution in [2.24, 2.45) is 5.92 Å². The molecule has 0 N–H and O–H groups in total. The van der Waals surface area contributed by atoms with Gasteiger partial charge in [-0.25, -0.2) is 9.13 Å². The summed E-state index contributed by atoms with van der Waals surface area (Å²) in [7, 11) is 0. The molecule has 2 heteroatoms. The first kappa shape index (κ1) is 13.6. The summed E-state index contributed by atoms with van der Waals surface area (Å²) < 4.78 is 4.84. The highest BCUT2D eigenvalue weighted by molar-refractivity contribution is 5.71. The van der Waals surface area contributed by atoms with Crippen molar-refractivity contribution in [1.82, 2.24) is 4.57 Å². The Labute approximate surface area is 132 Å². The molecule has 0 radical (unpaired) electrons. The third-order valence-corrected chi connectivity index (χ3v) is 4.93. The third kappa shape index (κ3) is 2.54. The molecule has 0 spiro atoms. The van der Waals surface area contributed by atoms with E-state index in [4.69, 9.17) is 0 Å². The molecule has 1 aromatic heterocycles. The summed E-state index contributed by atoms with van der Waals surface area (Å²) in [6, 6.07) is 17.6. The summed E-state index contributed by atoms with van der Waals surface area (Å²) in [5.74, 6) is 0.878. The van der Waals surface area contributed by atoms with Gasteiger partial charge in [-0.05, 0) is 43.4 Å². The number of aromatic nitrogens is 2. The van der Waals surface area contributed by atoms with E-state index in [0.29, 0.717) is 0 Å². The molecule has 1 aliphatic rings. The predicted octanol–water partition coefficient (Wildman–Crippen LogP) is 4.09. The minimum atomic E-state index is 0.878. The molecule has 0 aliphatic heterocycles. The van der Waals surface area contributed by atoms with Crippen LogP contribution < -0.4 is 4.57 Å². The van der Waals surface area contributed by atoms with Gasteiger partial charge >= 0.3 is 0 Å². The van der Waals surface area contributed by atoms with Crippen LogP contribution in [0.5, 0.6) is 0 Å². The number of fused-ring (bicyclic) bond motifs is 1. The molecule has 0 unspecified atom stereocenters. The van der Waals surface area contributed by atoms with Crippen LogP contribution in [0.3, 0.4) is 0 Å². The lowest BCUT2D eigenvalue weighted by atomic mass is 9.85. The van der Waals surface area contributed by atoms with E-state index in [1.165, 1.54) is 48.0 Å². The molecule has 4 rings (SSSR count). The van der Waals surface area contributed by atoms with E-state index in [1.807, 2.05) is 0 Å². The molecule has 3 aromatic rings. The van der Waals surface area contributed by atoms with Crippen molar-refractivity contribution >= 4 is 11.0 Å². The van der Waals surface area contributed by atoms with Gasteiger partial charge in [0.1, 0.15) is 6.54 Å². The van der Waals surface area contributed by atoms with Gasteiger partial charge in [-0.1, -0.05) is 48.4 Å². The standard InChI is InChI=1S/C20H23N2/c1-16-9-11-18(12-10-16)14-22-15-21(13-17-5-4-6-17)19-7-2-3-8-20(19)22/h2-3,7-12,15,17H,4-6,13-14H2,1H3/q+1. The number of aryl methyl sites for hydroxylation is 1. The minimum absolute atomic E-state index is 0.878. The first-order valence-corrected chi connectivity index (χ1v) is 8.32. The van der Waals surface area contributed by atoms with E-state index in [2.05, 4.69) is 70.9 Å². The Morgan fingerprint density at radius 1 is 1.05 bits per heavy atom. The predicted molar refractivity (Wildman–Crippen MR) is 89.8 cm³/mol. The van der Waals surface area contributed by atoms with Gasteiger partial charge < -0.3 is 0 Å². The van der Waals surface area contributed by atoms with Crippen molar-refractivity contribution in [1.29, 1.82) is 0 Å². The fraction of sp³-hybridized carbons (Fsp3) is 0.350. The molecule has 1 aliphatic carbocycles. The number of benzene rings is 2. The fourth-order valence-corrected chi connectivity index (χ4v) is 3.36. The van der Waals surface area contributed by atoms with Crippen molar-refractivity contribution in [3.63, 3.8) is 0 Å². The molecule has 0 saturated heterocycles. The van der Waals surface area contributed by atoms with Crippen LogP contribution in [0.25, 0.3) is 11.0 Å². The fourth-order valence-electron chi connectivity index (χ4n) is 3.36. The molecule has 0 amide bonds. The minimum Gasteiger partial charge on any atom is -0.230 e. The van der Waals surface area contributed by atoms with E-state index in [1.54, 1.807) is 0 Å². The third-order valence-electron chi connectivity index (χ3n) is 4.93. The lowest BCUT2D eigenvalue weighted by Crippen LogP contribution is -2.33. The first-order valence-electron chi connectivity index (χ1n) is 8.32. The van der Waals surface area contributed by atoms with Gasteiger partial charge in [0, 0.05) is 0 Å². The lowest BCUT2D eigenvalue weighted by Gasteiger charge is -2.23. The van der Waals surface area contributed by atoms with Crippen LogP contribution >= 0.6 is 0 Å². The monoisotopic (exact) mass is 291 g/mol. The van der Waals surface area contributed by atoms with Crippen LogP contribution in [0.4, 0.5) is 0 Å².